The second-order valence-electron chi connectivity index (χ2n) is 6.74. The maximum Gasteiger partial charge on any atom is 0.433 e. The number of nitrogens with one attached hydrogen (secondary N) is 1. The van der Waals surface area contributed by atoms with Crippen LogP contribution in [0.4, 0.5) is 11.7 Å². The van der Waals surface area contributed by atoms with Crippen LogP contribution in [-0.2, 0) is 6.54 Å². The molecule has 3 aromatic rings. The van der Waals surface area contributed by atoms with Gasteiger partial charge in [-0.15, -0.1) is 17.5 Å². The lowest BCUT2D eigenvalue weighted by molar-refractivity contribution is -0.402. The van der Waals surface area contributed by atoms with Crippen LogP contribution in [0.3, 0.4) is 0 Å². The molecule has 0 aliphatic carbocycles. The topological polar surface area (TPSA) is 197 Å². The van der Waals surface area contributed by atoms with Crippen molar-refractivity contribution in [1.29, 1.82) is 0 Å². The number of nitro groups is 1. The number of rotatable bonds is 7. The van der Waals surface area contributed by atoms with E-state index in [-0.39, 0.29) is 35.5 Å². The number of nitrogen functional groups attached to an aromatic ring is 1. The van der Waals surface area contributed by atoms with Crippen LogP contribution >= 0.6 is 12.4 Å². The molecule has 1 amide bonds. The molecule has 1 fully saturated rings. The van der Waals surface area contributed by atoms with E-state index >= 15 is 0 Å². The Morgan fingerprint density at radius 3 is 2.75 bits per heavy atom. The highest BCUT2D eigenvalue weighted by Gasteiger charge is 2.26. The van der Waals surface area contributed by atoms with Crippen LogP contribution < -0.4 is 11.2 Å². The van der Waals surface area contributed by atoms with Gasteiger partial charge in [-0.05, 0) is 42.3 Å². The van der Waals surface area contributed by atoms with Crippen molar-refractivity contribution in [2.24, 2.45) is 5.10 Å². The van der Waals surface area contributed by atoms with Gasteiger partial charge >= 0.3 is 5.88 Å². The highest BCUT2D eigenvalue weighted by molar-refractivity contribution is 5.94. The monoisotopic (exact) mass is 466 g/mol. The number of carbonyl (C=O) groups excluding carboxylic acids is 1. The summed E-state index contributed by atoms with van der Waals surface area (Å²) < 4.78 is 10.7. The predicted molar refractivity (Wildman–Crippen MR) is 110 cm³/mol. The molecule has 32 heavy (non-hydrogen) atoms. The molecule has 3 N–H and O–H groups in total. The molecule has 0 atom stereocenters. The summed E-state index contributed by atoms with van der Waals surface area (Å²) in [6, 6.07) is 2.53. The number of anilines is 1. The first kappa shape index (κ1) is 22.8. The van der Waals surface area contributed by atoms with Crippen molar-refractivity contribution in [1.82, 2.24) is 35.6 Å². The largest absolute Gasteiger partial charge is 0.433 e. The van der Waals surface area contributed by atoms with Gasteiger partial charge in [0.25, 0.3) is 5.91 Å². The van der Waals surface area contributed by atoms with Crippen LogP contribution in [-0.4, -0.2) is 60.3 Å². The fraction of sp³-hybridized carbons (Fsp3) is 0.375. The van der Waals surface area contributed by atoms with Gasteiger partial charge in [-0.1, -0.05) is 11.6 Å². The summed E-state index contributed by atoms with van der Waals surface area (Å²) in [5, 5.41) is 29.7. The smallest absolute Gasteiger partial charge is 0.400 e. The Balaban J connectivity index is 0.00000289. The first-order valence-electron chi connectivity index (χ1n) is 9.36. The number of piperidine rings is 1. The fourth-order valence-electron chi connectivity index (χ4n) is 3.18. The third-order valence-corrected chi connectivity index (χ3v) is 4.62. The zero-order chi connectivity index (χ0) is 21.8. The number of hydrazone groups is 1. The lowest BCUT2D eigenvalue weighted by atomic mass is 10.1. The van der Waals surface area contributed by atoms with Crippen molar-refractivity contribution in [2.75, 3.05) is 18.8 Å². The van der Waals surface area contributed by atoms with Gasteiger partial charge in [-0.25, -0.2) is 10.1 Å². The average molecular weight is 467 g/mol. The Kier molecular flexibility index (Phi) is 7.11. The number of amides is 1. The number of hydrogen-bond acceptors (Lipinski definition) is 12. The molecule has 1 saturated heterocycles. The minimum Gasteiger partial charge on any atom is -0.400 e. The van der Waals surface area contributed by atoms with Crippen LogP contribution in [0.1, 0.15) is 41.2 Å². The van der Waals surface area contributed by atoms with Gasteiger partial charge in [0.1, 0.15) is 10.6 Å². The number of nitrogens with zero attached hydrogens (tertiary/aromatic N) is 8. The lowest BCUT2D eigenvalue weighted by Gasteiger charge is -2.25. The van der Waals surface area contributed by atoms with Crippen molar-refractivity contribution < 1.29 is 18.8 Å². The third kappa shape index (κ3) is 4.89. The minimum atomic E-state index is -0.677. The standard InChI is InChI=1S/C16H18N10O5.ClH/c17-14-15(22-31-21-14)25-13(11(19-23-25)9-24-6-2-1-3-7-24)16(27)20-18-8-10-4-5-12(30-10)26(28)29;/h4-5,8H,1-3,6-7,9H2,(H2,17,21)(H,20,27);1H/b18-8+;. The van der Waals surface area contributed by atoms with E-state index in [1.54, 1.807) is 0 Å². The molecule has 1 aliphatic heterocycles. The molecule has 0 bridgehead atoms. The molecular weight excluding hydrogens is 448 g/mol. The van der Waals surface area contributed by atoms with Crippen molar-refractivity contribution in [3.8, 4) is 5.82 Å². The molecule has 0 unspecified atom stereocenters. The van der Waals surface area contributed by atoms with Crippen LogP contribution in [0.15, 0.2) is 26.3 Å². The Hall–Kier alpha value is -3.85. The minimum absolute atomic E-state index is 0. The zero-order valence-corrected chi connectivity index (χ0v) is 17.4. The summed E-state index contributed by atoms with van der Waals surface area (Å²) in [7, 11) is 0. The molecule has 15 nitrogen and oxygen atoms in total. The summed E-state index contributed by atoms with van der Waals surface area (Å²) in [4.78, 5) is 25.1. The first-order valence-corrected chi connectivity index (χ1v) is 9.36. The molecule has 16 heteroatoms. The number of likely N-dealkylation sites (tertiary alicyclic amines) is 1. The molecule has 0 radical (unpaired) electrons. The van der Waals surface area contributed by atoms with Crippen molar-refractivity contribution >= 4 is 36.2 Å². The number of carbonyl (C=O) groups is 1. The van der Waals surface area contributed by atoms with E-state index in [1.165, 1.54) is 12.1 Å². The van der Waals surface area contributed by atoms with Gasteiger partial charge in [0.05, 0.1) is 12.3 Å². The second kappa shape index (κ2) is 9.97. The summed E-state index contributed by atoms with van der Waals surface area (Å²) in [6.45, 7) is 2.18. The number of aromatic nitrogens is 5. The maximum absolute atomic E-state index is 12.9. The van der Waals surface area contributed by atoms with Crippen LogP contribution in [0.2, 0.25) is 0 Å². The molecule has 0 aromatic carbocycles. The predicted octanol–water partition coefficient (Wildman–Crippen LogP) is 0.905. The summed E-state index contributed by atoms with van der Waals surface area (Å²) in [5.41, 5.74) is 8.55. The van der Waals surface area contributed by atoms with Crippen LogP contribution in [0.5, 0.6) is 0 Å². The highest BCUT2D eigenvalue weighted by atomic mass is 35.5. The first-order chi connectivity index (χ1) is 15.0. The zero-order valence-electron chi connectivity index (χ0n) is 16.6. The van der Waals surface area contributed by atoms with E-state index < -0.39 is 16.7 Å². The van der Waals surface area contributed by atoms with Gasteiger partial charge in [0.15, 0.2) is 11.5 Å². The normalized spacial score (nSPS) is 14.4. The molecule has 0 spiro atoms. The van der Waals surface area contributed by atoms with E-state index in [0.29, 0.717) is 12.2 Å². The van der Waals surface area contributed by atoms with Crippen molar-refractivity contribution in [3.63, 3.8) is 0 Å². The SMILES string of the molecule is Cl.Nc1nonc1-n1nnc(CN2CCCCC2)c1C(=O)N/N=C/c1ccc([N+](=O)[O-])o1. The van der Waals surface area contributed by atoms with Crippen LogP contribution in [0.25, 0.3) is 5.82 Å². The molecule has 0 saturated carbocycles. The maximum atomic E-state index is 12.9. The number of nitrogens with two attached hydrogens (primary N) is 1. The van der Waals surface area contributed by atoms with Gasteiger partial charge in [-0.2, -0.15) is 9.78 Å². The van der Waals surface area contributed by atoms with Gasteiger partial charge in [0.2, 0.25) is 11.6 Å². The number of hydrogen-bond donors (Lipinski definition) is 2. The molecule has 4 heterocycles. The molecule has 1 aliphatic rings. The Bertz CT molecular complexity index is 1120. The number of furan rings is 1. The molecular formula is C16H19ClN10O5. The molecule has 170 valence electrons. The summed E-state index contributed by atoms with van der Waals surface area (Å²) >= 11 is 0. The fourth-order valence-corrected chi connectivity index (χ4v) is 3.18. The van der Waals surface area contributed by atoms with E-state index in [9.17, 15) is 14.9 Å². The van der Waals surface area contributed by atoms with Crippen molar-refractivity contribution in [2.45, 2.75) is 25.8 Å². The average Bonchev–Trinajstić information content (AvgIpc) is 3.48. The number of halogens is 1. The van der Waals surface area contributed by atoms with E-state index in [0.717, 1.165) is 43.2 Å². The summed E-state index contributed by atoms with van der Waals surface area (Å²) in [5.74, 6) is -1.02. The Morgan fingerprint density at radius 1 is 1.31 bits per heavy atom. The summed E-state index contributed by atoms with van der Waals surface area (Å²) in [6.07, 6.45) is 4.43. The second-order valence-corrected chi connectivity index (χ2v) is 6.74. The van der Waals surface area contributed by atoms with Gasteiger partial charge < -0.3 is 10.2 Å². The molecule has 3 aromatic heterocycles. The quantitative estimate of drug-likeness (QED) is 0.285. The van der Waals surface area contributed by atoms with Gasteiger partial charge in [0, 0.05) is 6.54 Å². The van der Waals surface area contributed by atoms with Crippen molar-refractivity contribution in [3.05, 3.63) is 39.4 Å². The molecule has 4 rings (SSSR count). The van der Waals surface area contributed by atoms with E-state index in [2.05, 4.69) is 40.7 Å². The van der Waals surface area contributed by atoms with E-state index in [1.807, 2.05) is 0 Å². The third-order valence-electron chi connectivity index (χ3n) is 4.62. The van der Waals surface area contributed by atoms with Crippen LogP contribution in [0, 0.1) is 10.1 Å². The van der Waals surface area contributed by atoms with E-state index in [4.69, 9.17) is 10.2 Å². The van der Waals surface area contributed by atoms with Gasteiger partial charge in [-0.3, -0.25) is 19.8 Å². The Labute approximate surface area is 186 Å². The Morgan fingerprint density at radius 2 is 2.09 bits per heavy atom. The highest BCUT2D eigenvalue weighted by Crippen LogP contribution is 2.19. The lowest BCUT2D eigenvalue weighted by Crippen LogP contribution is -2.31.